The molecule has 0 amide bonds. The Hall–Kier alpha value is -2.32. The third-order valence-corrected chi connectivity index (χ3v) is 3.66. The molecule has 2 N–H and O–H groups in total. The van der Waals surface area contributed by atoms with E-state index in [9.17, 15) is 28.4 Å². The number of nitro groups is 1. The molecule has 0 aromatic heterocycles. The first-order chi connectivity index (χ1) is 11.6. The molecule has 0 aliphatic heterocycles. The predicted octanol–water partition coefficient (Wildman–Crippen LogP) is 4.93. The molecule has 0 heterocycles. The highest BCUT2D eigenvalue weighted by molar-refractivity contribution is 6.31. The highest BCUT2D eigenvalue weighted by Gasteiger charge is 2.36. The standard InChI is InChI=1S/C16H14ClF3N2O3/c1-9(23)6-10-2-4-11(5-3-10)21-14-8-13(17)12(16(18,19)20)7-15(14)22(24)25/h2-5,7-9,21,23H,6H2,1H3. The average Bonchev–Trinajstić information content (AvgIpc) is 2.47. The summed E-state index contributed by atoms with van der Waals surface area (Å²) in [5.74, 6) is 0. The van der Waals surface area contributed by atoms with Crippen molar-refractivity contribution in [2.75, 3.05) is 5.32 Å². The average molecular weight is 375 g/mol. The molecule has 0 saturated heterocycles. The summed E-state index contributed by atoms with van der Waals surface area (Å²) in [5, 5.41) is 22.5. The lowest BCUT2D eigenvalue weighted by Crippen LogP contribution is -2.08. The van der Waals surface area contributed by atoms with Gasteiger partial charge in [0.05, 0.1) is 21.6 Å². The van der Waals surface area contributed by atoms with Crippen molar-refractivity contribution in [3.05, 3.63) is 62.7 Å². The summed E-state index contributed by atoms with van der Waals surface area (Å²) in [5.41, 5.74) is -0.858. The molecule has 5 nitrogen and oxygen atoms in total. The zero-order valence-electron chi connectivity index (χ0n) is 13.0. The molecular formula is C16H14ClF3N2O3. The Morgan fingerprint density at radius 3 is 2.36 bits per heavy atom. The van der Waals surface area contributed by atoms with Crippen LogP contribution in [0.5, 0.6) is 0 Å². The van der Waals surface area contributed by atoms with E-state index in [-0.39, 0.29) is 5.69 Å². The summed E-state index contributed by atoms with van der Waals surface area (Å²) in [6.45, 7) is 1.64. The lowest BCUT2D eigenvalue weighted by atomic mass is 10.1. The zero-order chi connectivity index (χ0) is 18.8. The number of aliphatic hydroxyl groups excluding tert-OH is 1. The largest absolute Gasteiger partial charge is 0.418 e. The van der Waals surface area contributed by atoms with Crippen molar-refractivity contribution in [2.45, 2.75) is 25.6 Å². The van der Waals surface area contributed by atoms with Gasteiger partial charge in [-0.25, -0.2) is 0 Å². The Morgan fingerprint density at radius 2 is 1.88 bits per heavy atom. The molecule has 2 rings (SSSR count). The molecule has 134 valence electrons. The van der Waals surface area contributed by atoms with Gasteiger partial charge in [0.15, 0.2) is 0 Å². The van der Waals surface area contributed by atoms with Crippen LogP contribution < -0.4 is 5.32 Å². The Balaban J connectivity index is 2.35. The topological polar surface area (TPSA) is 75.4 Å². The van der Waals surface area contributed by atoms with E-state index in [0.29, 0.717) is 18.2 Å². The van der Waals surface area contributed by atoms with Crippen molar-refractivity contribution in [3.63, 3.8) is 0 Å². The van der Waals surface area contributed by atoms with Gasteiger partial charge < -0.3 is 10.4 Å². The van der Waals surface area contributed by atoms with Gasteiger partial charge in [0.1, 0.15) is 5.69 Å². The Bertz CT molecular complexity index is 777. The van der Waals surface area contributed by atoms with Crippen molar-refractivity contribution in [1.82, 2.24) is 0 Å². The number of benzene rings is 2. The van der Waals surface area contributed by atoms with Crippen LogP contribution >= 0.6 is 11.6 Å². The first-order valence-electron chi connectivity index (χ1n) is 7.17. The smallest absolute Gasteiger partial charge is 0.393 e. The summed E-state index contributed by atoms with van der Waals surface area (Å²) in [6, 6.07) is 7.90. The van der Waals surface area contributed by atoms with Gasteiger partial charge in [0.2, 0.25) is 0 Å². The minimum absolute atomic E-state index is 0.147. The number of anilines is 2. The van der Waals surface area contributed by atoms with Gasteiger partial charge in [-0.05, 0) is 37.1 Å². The Morgan fingerprint density at radius 1 is 1.28 bits per heavy atom. The van der Waals surface area contributed by atoms with Gasteiger partial charge in [-0.3, -0.25) is 10.1 Å². The fourth-order valence-corrected chi connectivity index (χ4v) is 2.52. The molecule has 0 bridgehead atoms. The van der Waals surface area contributed by atoms with E-state index in [1.165, 1.54) is 0 Å². The van der Waals surface area contributed by atoms with Crippen molar-refractivity contribution < 1.29 is 23.2 Å². The van der Waals surface area contributed by atoms with Crippen LogP contribution in [0.15, 0.2) is 36.4 Å². The summed E-state index contributed by atoms with van der Waals surface area (Å²) in [7, 11) is 0. The van der Waals surface area contributed by atoms with Gasteiger partial charge in [0, 0.05) is 11.8 Å². The Labute approximate surface area is 146 Å². The van der Waals surface area contributed by atoms with Gasteiger partial charge in [-0.1, -0.05) is 23.7 Å². The molecule has 2 aromatic rings. The monoisotopic (exact) mass is 374 g/mol. The first-order valence-corrected chi connectivity index (χ1v) is 7.55. The maximum Gasteiger partial charge on any atom is 0.418 e. The maximum atomic E-state index is 12.9. The van der Waals surface area contributed by atoms with Crippen LogP contribution in [0, 0.1) is 10.1 Å². The zero-order valence-corrected chi connectivity index (χ0v) is 13.7. The second-order valence-corrected chi connectivity index (χ2v) is 5.89. The van der Waals surface area contributed by atoms with Crippen LogP contribution in [0.1, 0.15) is 18.1 Å². The van der Waals surface area contributed by atoms with Crippen molar-refractivity contribution in [2.24, 2.45) is 0 Å². The summed E-state index contributed by atoms with van der Waals surface area (Å²) in [6.07, 6.45) is -4.87. The van der Waals surface area contributed by atoms with E-state index < -0.39 is 33.5 Å². The normalized spacial score (nSPS) is 12.7. The molecule has 0 aliphatic carbocycles. The van der Waals surface area contributed by atoms with E-state index in [0.717, 1.165) is 11.6 Å². The summed E-state index contributed by atoms with van der Waals surface area (Å²) in [4.78, 5) is 10.2. The van der Waals surface area contributed by atoms with Gasteiger partial charge in [0.25, 0.3) is 5.69 Å². The third kappa shape index (κ3) is 4.83. The second-order valence-electron chi connectivity index (χ2n) is 5.48. The summed E-state index contributed by atoms with van der Waals surface area (Å²) >= 11 is 5.63. The fourth-order valence-electron chi connectivity index (χ4n) is 2.25. The number of nitrogens with zero attached hydrogens (tertiary/aromatic N) is 1. The lowest BCUT2D eigenvalue weighted by Gasteiger charge is -2.13. The maximum absolute atomic E-state index is 12.9. The molecule has 2 aromatic carbocycles. The van der Waals surface area contributed by atoms with Gasteiger partial charge in [-0.15, -0.1) is 0 Å². The van der Waals surface area contributed by atoms with Crippen molar-refractivity contribution in [3.8, 4) is 0 Å². The van der Waals surface area contributed by atoms with Crippen LogP contribution in [-0.4, -0.2) is 16.1 Å². The van der Waals surface area contributed by atoms with E-state index in [1.54, 1.807) is 31.2 Å². The molecular weight excluding hydrogens is 361 g/mol. The van der Waals surface area contributed by atoms with Crippen LogP contribution in [0.25, 0.3) is 0 Å². The molecule has 1 atom stereocenters. The lowest BCUT2D eigenvalue weighted by molar-refractivity contribution is -0.384. The molecule has 0 aliphatic rings. The number of rotatable bonds is 5. The highest BCUT2D eigenvalue weighted by atomic mass is 35.5. The van der Waals surface area contributed by atoms with Crippen LogP contribution in [-0.2, 0) is 12.6 Å². The minimum Gasteiger partial charge on any atom is -0.393 e. The Kier molecular flexibility index (Phi) is 5.54. The van der Waals surface area contributed by atoms with E-state index in [4.69, 9.17) is 11.6 Å². The van der Waals surface area contributed by atoms with Crippen molar-refractivity contribution in [1.29, 1.82) is 0 Å². The van der Waals surface area contributed by atoms with Crippen LogP contribution in [0.3, 0.4) is 0 Å². The molecule has 1 unspecified atom stereocenters. The van der Waals surface area contributed by atoms with E-state index in [1.807, 2.05) is 0 Å². The van der Waals surface area contributed by atoms with Gasteiger partial charge >= 0.3 is 6.18 Å². The van der Waals surface area contributed by atoms with Gasteiger partial charge in [-0.2, -0.15) is 13.2 Å². The quantitative estimate of drug-likeness (QED) is 0.574. The summed E-state index contributed by atoms with van der Waals surface area (Å²) < 4.78 is 38.6. The molecule has 0 saturated carbocycles. The molecule has 25 heavy (non-hydrogen) atoms. The van der Waals surface area contributed by atoms with Crippen LogP contribution in [0.2, 0.25) is 5.02 Å². The molecule has 0 spiro atoms. The van der Waals surface area contributed by atoms with E-state index in [2.05, 4.69) is 5.32 Å². The number of hydrogen-bond acceptors (Lipinski definition) is 4. The molecule has 9 heteroatoms. The van der Waals surface area contributed by atoms with E-state index >= 15 is 0 Å². The SMILES string of the molecule is CC(O)Cc1ccc(Nc2cc(Cl)c(C(F)(F)F)cc2[N+](=O)[O-])cc1. The fraction of sp³-hybridized carbons (Fsp3) is 0.250. The molecule has 0 fully saturated rings. The number of nitro benzene ring substituents is 1. The first kappa shape index (κ1) is 19.0. The van der Waals surface area contributed by atoms with Crippen molar-refractivity contribution >= 4 is 28.7 Å². The third-order valence-electron chi connectivity index (χ3n) is 3.35. The number of aliphatic hydroxyl groups is 1. The predicted molar refractivity (Wildman–Crippen MR) is 88.2 cm³/mol. The molecule has 0 radical (unpaired) electrons. The number of nitrogens with one attached hydrogen (secondary N) is 1. The second kappa shape index (κ2) is 7.28. The highest BCUT2D eigenvalue weighted by Crippen LogP contribution is 2.41. The number of alkyl halides is 3. The minimum atomic E-state index is -4.79. The number of halogens is 4. The van der Waals surface area contributed by atoms with Crippen LogP contribution in [0.4, 0.5) is 30.2 Å². The number of hydrogen-bond donors (Lipinski definition) is 2.